The van der Waals surface area contributed by atoms with Gasteiger partial charge in [0.05, 0.1) is 19.8 Å². The van der Waals surface area contributed by atoms with Crippen LogP contribution in [0.25, 0.3) is 0 Å². The van der Waals surface area contributed by atoms with E-state index in [-0.39, 0.29) is 10.8 Å². The van der Waals surface area contributed by atoms with Crippen LogP contribution >= 0.6 is 0 Å². The van der Waals surface area contributed by atoms with Crippen LogP contribution in [0, 0.1) is 10.8 Å². The Morgan fingerprint density at radius 2 is 1.00 bits per heavy atom. The van der Waals surface area contributed by atoms with Crippen molar-refractivity contribution in [3.63, 3.8) is 0 Å². The average Bonchev–Trinajstić information content (AvgIpc) is 2.03. The number of methoxy groups -OCH3 is 3. The van der Waals surface area contributed by atoms with Crippen molar-refractivity contribution >= 4 is 0 Å². The van der Waals surface area contributed by atoms with Gasteiger partial charge in [-0.2, -0.15) is 0 Å². The maximum absolute atomic E-state index is 5.28. The molecule has 0 unspecified atom stereocenters. The molecule has 0 aromatic heterocycles. The average molecular weight is 204 g/mol. The first kappa shape index (κ1) is 13.9. The Labute approximate surface area is 87.7 Å². The van der Waals surface area contributed by atoms with Gasteiger partial charge in [0.1, 0.15) is 0 Å². The zero-order chi connectivity index (χ0) is 11.2. The highest BCUT2D eigenvalue weighted by atomic mass is 16.5. The highest BCUT2D eigenvalue weighted by Crippen LogP contribution is 2.39. The summed E-state index contributed by atoms with van der Waals surface area (Å²) in [5.41, 5.74) is 0.0142. The second kappa shape index (κ2) is 5.69. The summed E-state index contributed by atoms with van der Waals surface area (Å²) < 4.78 is 15.8. The summed E-state index contributed by atoms with van der Waals surface area (Å²) in [5, 5.41) is 0. The lowest BCUT2D eigenvalue weighted by molar-refractivity contribution is -0.0997. The largest absolute Gasteiger partial charge is 0.384 e. The SMILES string of the molecule is COCC(COC)(COC)C(C)(C)C. The second-order valence-electron chi connectivity index (χ2n) is 4.83. The number of hydrogen-bond donors (Lipinski definition) is 0. The molecule has 0 aliphatic heterocycles. The molecule has 0 aliphatic rings. The van der Waals surface area contributed by atoms with Gasteiger partial charge in [0.15, 0.2) is 0 Å². The molecule has 86 valence electrons. The molecule has 14 heavy (non-hydrogen) atoms. The molecule has 0 saturated carbocycles. The molecule has 0 spiro atoms. The van der Waals surface area contributed by atoms with Gasteiger partial charge in [-0.3, -0.25) is 0 Å². The molecule has 0 rings (SSSR count). The molecule has 0 radical (unpaired) electrons. The lowest BCUT2D eigenvalue weighted by atomic mass is 9.68. The van der Waals surface area contributed by atoms with Crippen molar-refractivity contribution in [1.82, 2.24) is 0 Å². The van der Waals surface area contributed by atoms with Crippen LogP contribution in [0.15, 0.2) is 0 Å². The molecule has 3 nitrogen and oxygen atoms in total. The molecule has 0 bridgehead atoms. The van der Waals surface area contributed by atoms with Gasteiger partial charge in [-0.25, -0.2) is 0 Å². The van der Waals surface area contributed by atoms with Crippen LogP contribution in [0.2, 0.25) is 0 Å². The monoisotopic (exact) mass is 204 g/mol. The third-order valence-corrected chi connectivity index (χ3v) is 2.85. The second-order valence-corrected chi connectivity index (χ2v) is 4.83. The third kappa shape index (κ3) is 3.23. The zero-order valence-corrected chi connectivity index (χ0v) is 10.3. The van der Waals surface area contributed by atoms with Crippen molar-refractivity contribution in [1.29, 1.82) is 0 Å². The molecular formula is C11H24O3. The first-order valence-electron chi connectivity index (χ1n) is 4.90. The van der Waals surface area contributed by atoms with Crippen LogP contribution in [0.5, 0.6) is 0 Å². The number of hydrogen-bond acceptors (Lipinski definition) is 3. The first-order chi connectivity index (χ1) is 6.43. The van der Waals surface area contributed by atoms with Crippen LogP contribution in [0.1, 0.15) is 20.8 Å². The van der Waals surface area contributed by atoms with Crippen LogP contribution in [-0.4, -0.2) is 41.2 Å². The number of ether oxygens (including phenoxy) is 3. The molecule has 0 amide bonds. The van der Waals surface area contributed by atoms with E-state index in [0.29, 0.717) is 19.8 Å². The van der Waals surface area contributed by atoms with Crippen molar-refractivity contribution in [2.75, 3.05) is 41.2 Å². The fourth-order valence-electron chi connectivity index (χ4n) is 1.60. The van der Waals surface area contributed by atoms with E-state index >= 15 is 0 Å². The summed E-state index contributed by atoms with van der Waals surface area (Å²) in [6.45, 7) is 8.51. The van der Waals surface area contributed by atoms with Crippen LogP contribution < -0.4 is 0 Å². The van der Waals surface area contributed by atoms with Gasteiger partial charge in [-0.1, -0.05) is 20.8 Å². The van der Waals surface area contributed by atoms with E-state index in [0.717, 1.165) is 0 Å². The van der Waals surface area contributed by atoms with Gasteiger partial charge < -0.3 is 14.2 Å². The maximum Gasteiger partial charge on any atom is 0.0568 e. The Kier molecular flexibility index (Phi) is 5.64. The minimum atomic E-state index is -0.0781. The van der Waals surface area contributed by atoms with E-state index in [1.54, 1.807) is 21.3 Å². The smallest absolute Gasteiger partial charge is 0.0568 e. The Bertz CT molecular complexity index is 132. The van der Waals surface area contributed by atoms with Gasteiger partial charge >= 0.3 is 0 Å². The molecule has 0 saturated heterocycles. The minimum absolute atomic E-state index is 0.0781. The van der Waals surface area contributed by atoms with Crippen LogP contribution in [0.3, 0.4) is 0 Å². The van der Waals surface area contributed by atoms with E-state index < -0.39 is 0 Å². The molecule has 0 atom stereocenters. The highest BCUT2D eigenvalue weighted by Gasteiger charge is 2.42. The standard InChI is InChI=1S/C11H24O3/c1-10(2,3)11(7-12-4,8-13-5)9-14-6/h7-9H2,1-6H3. The molecule has 0 heterocycles. The Hall–Kier alpha value is -0.120. The third-order valence-electron chi connectivity index (χ3n) is 2.85. The molecule has 0 fully saturated rings. The van der Waals surface area contributed by atoms with Gasteiger partial charge in [0.25, 0.3) is 0 Å². The fraction of sp³-hybridized carbons (Fsp3) is 1.00. The van der Waals surface area contributed by atoms with E-state index in [2.05, 4.69) is 20.8 Å². The van der Waals surface area contributed by atoms with E-state index in [9.17, 15) is 0 Å². The van der Waals surface area contributed by atoms with Crippen LogP contribution in [-0.2, 0) is 14.2 Å². The van der Waals surface area contributed by atoms with Crippen molar-refractivity contribution in [3.05, 3.63) is 0 Å². The maximum atomic E-state index is 5.28. The summed E-state index contributed by atoms with van der Waals surface area (Å²) in [4.78, 5) is 0. The highest BCUT2D eigenvalue weighted by molar-refractivity contribution is 4.90. The normalized spacial score (nSPS) is 13.3. The Balaban J connectivity index is 4.73. The fourth-order valence-corrected chi connectivity index (χ4v) is 1.60. The molecule has 0 aromatic rings. The predicted octanol–water partition coefficient (Wildman–Crippen LogP) is 1.96. The quantitative estimate of drug-likeness (QED) is 0.662. The van der Waals surface area contributed by atoms with Crippen LogP contribution in [0.4, 0.5) is 0 Å². The molecule has 0 N–H and O–H groups in total. The first-order valence-corrected chi connectivity index (χ1v) is 4.90. The summed E-state index contributed by atoms with van der Waals surface area (Å²) >= 11 is 0. The van der Waals surface area contributed by atoms with E-state index in [1.165, 1.54) is 0 Å². The Morgan fingerprint density at radius 1 is 0.714 bits per heavy atom. The predicted molar refractivity (Wildman–Crippen MR) is 57.5 cm³/mol. The van der Waals surface area contributed by atoms with Gasteiger partial charge in [-0.05, 0) is 5.41 Å². The van der Waals surface area contributed by atoms with Gasteiger partial charge in [-0.15, -0.1) is 0 Å². The van der Waals surface area contributed by atoms with Gasteiger partial charge in [0, 0.05) is 26.7 Å². The van der Waals surface area contributed by atoms with Crippen molar-refractivity contribution in [2.24, 2.45) is 10.8 Å². The number of rotatable bonds is 6. The summed E-state index contributed by atoms with van der Waals surface area (Å²) in [5.74, 6) is 0. The summed E-state index contributed by atoms with van der Waals surface area (Å²) in [6.07, 6.45) is 0. The topological polar surface area (TPSA) is 27.7 Å². The van der Waals surface area contributed by atoms with Crippen molar-refractivity contribution in [3.8, 4) is 0 Å². The van der Waals surface area contributed by atoms with Crippen molar-refractivity contribution < 1.29 is 14.2 Å². The molecule has 0 aliphatic carbocycles. The van der Waals surface area contributed by atoms with E-state index in [4.69, 9.17) is 14.2 Å². The Morgan fingerprint density at radius 3 is 1.14 bits per heavy atom. The molecule has 3 heteroatoms. The lowest BCUT2D eigenvalue weighted by Gasteiger charge is -2.43. The summed E-state index contributed by atoms with van der Waals surface area (Å²) in [7, 11) is 5.14. The van der Waals surface area contributed by atoms with E-state index in [1.807, 2.05) is 0 Å². The summed E-state index contributed by atoms with van der Waals surface area (Å²) in [6, 6.07) is 0. The minimum Gasteiger partial charge on any atom is -0.384 e. The zero-order valence-electron chi connectivity index (χ0n) is 10.3. The molecule has 0 aromatic carbocycles. The molecular weight excluding hydrogens is 180 g/mol. The lowest BCUT2D eigenvalue weighted by Crippen LogP contribution is -2.47. The van der Waals surface area contributed by atoms with Crippen molar-refractivity contribution in [2.45, 2.75) is 20.8 Å². The van der Waals surface area contributed by atoms with Gasteiger partial charge in [0.2, 0.25) is 0 Å².